The second-order valence-corrected chi connectivity index (χ2v) is 6.38. The topological polar surface area (TPSA) is 84.2 Å². The highest BCUT2D eigenvalue weighted by Crippen LogP contribution is 2.17. The van der Waals surface area contributed by atoms with Crippen LogP contribution in [0.5, 0.6) is 0 Å². The number of nitrogens with one attached hydrogen (secondary N) is 2. The van der Waals surface area contributed by atoms with Crippen LogP contribution in [0.25, 0.3) is 0 Å². The zero-order chi connectivity index (χ0) is 15.2. The molecule has 1 aromatic carbocycles. The van der Waals surface area contributed by atoms with Gasteiger partial charge in [-0.25, -0.2) is 0 Å². The molecule has 0 unspecified atom stereocenters. The van der Waals surface area contributed by atoms with Crippen LogP contribution in [0.15, 0.2) is 18.2 Å². The average molecular weight is 295 g/mol. The van der Waals surface area contributed by atoms with E-state index in [1.165, 1.54) is 0 Å². The Balaban J connectivity index is 2.83. The summed E-state index contributed by atoms with van der Waals surface area (Å²) in [5, 5.41) is 0. The van der Waals surface area contributed by atoms with E-state index in [1.54, 1.807) is 12.1 Å². The SMILES string of the molecule is Cc1cc(C#CCN)ccc1NS(=O)(=O)NCC(C)C. The van der Waals surface area contributed by atoms with Crippen molar-refractivity contribution in [1.29, 1.82) is 0 Å². The van der Waals surface area contributed by atoms with Crippen LogP contribution in [-0.2, 0) is 10.2 Å². The molecule has 0 aromatic heterocycles. The van der Waals surface area contributed by atoms with E-state index in [0.717, 1.165) is 11.1 Å². The van der Waals surface area contributed by atoms with Crippen molar-refractivity contribution in [2.75, 3.05) is 17.8 Å². The summed E-state index contributed by atoms with van der Waals surface area (Å²) in [6.45, 7) is 6.41. The number of anilines is 1. The van der Waals surface area contributed by atoms with Gasteiger partial charge in [0.15, 0.2) is 0 Å². The quantitative estimate of drug-likeness (QED) is 0.714. The molecule has 1 aromatic rings. The van der Waals surface area contributed by atoms with Gasteiger partial charge >= 0.3 is 0 Å². The van der Waals surface area contributed by atoms with E-state index in [0.29, 0.717) is 18.8 Å². The van der Waals surface area contributed by atoms with Gasteiger partial charge in [0.25, 0.3) is 10.2 Å². The Labute approximate surface area is 121 Å². The van der Waals surface area contributed by atoms with Gasteiger partial charge < -0.3 is 5.73 Å². The van der Waals surface area contributed by atoms with E-state index in [2.05, 4.69) is 21.3 Å². The molecule has 0 spiro atoms. The van der Waals surface area contributed by atoms with Gasteiger partial charge in [0.2, 0.25) is 0 Å². The molecule has 0 amide bonds. The first-order valence-electron chi connectivity index (χ1n) is 6.41. The van der Waals surface area contributed by atoms with Gasteiger partial charge in [0, 0.05) is 12.1 Å². The maximum atomic E-state index is 11.8. The fourth-order valence-electron chi connectivity index (χ4n) is 1.47. The monoisotopic (exact) mass is 295 g/mol. The smallest absolute Gasteiger partial charge is 0.299 e. The van der Waals surface area contributed by atoms with Gasteiger partial charge in [-0.2, -0.15) is 13.1 Å². The van der Waals surface area contributed by atoms with E-state index in [-0.39, 0.29) is 5.92 Å². The van der Waals surface area contributed by atoms with Crippen molar-refractivity contribution in [3.05, 3.63) is 29.3 Å². The van der Waals surface area contributed by atoms with Gasteiger partial charge in [-0.05, 0) is 36.6 Å². The average Bonchev–Trinajstić information content (AvgIpc) is 2.37. The van der Waals surface area contributed by atoms with Gasteiger partial charge in [-0.3, -0.25) is 4.72 Å². The first-order chi connectivity index (χ1) is 9.34. The van der Waals surface area contributed by atoms with Crippen molar-refractivity contribution in [3.63, 3.8) is 0 Å². The summed E-state index contributed by atoms with van der Waals surface area (Å²) in [7, 11) is -3.54. The Morgan fingerprint density at radius 1 is 1.35 bits per heavy atom. The van der Waals surface area contributed by atoms with E-state index in [9.17, 15) is 8.42 Å². The number of aryl methyl sites for hydroxylation is 1. The Kier molecular flexibility index (Phi) is 6.02. The molecule has 0 aliphatic heterocycles. The summed E-state index contributed by atoms with van der Waals surface area (Å²) in [4.78, 5) is 0. The normalized spacial score (nSPS) is 11.1. The molecule has 4 N–H and O–H groups in total. The molecule has 20 heavy (non-hydrogen) atoms. The molecule has 0 atom stereocenters. The first-order valence-corrected chi connectivity index (χ1v) is 7.89. The van der Waals surface area contributed by atoms with Crippen LogP contribution in [-0.4, -0.2) is 21.5 Å². The zero-order valence-electron chi connectivity index (χ0n) is 12.0. The molecule has 0 aliphatic carbocycles. The molecule has 0 radical (unpaired) electrons. The van der Waals surface area contributed by atoms with E-state index < -0.39 is 10.2 Å². The molecule has 0 saturated heterocycles. The first kappa shape index (κ1) is 16.5. The van der Waals surface area contributed by atoms with E-state index >= 15 is 0 Å². The van der Waals surface area contributed by atoms with Gasteiger partial charge in [0.1, 0.15) is 0 Å². The minimum atomic E-state index is -3.54. The summed E-state index contributed by atoms with van der Waals surface area (Å²) in [6.07, 6.45) is 0. The van der Waals surface area contributed by atoms with Crippen LogP contribution in [0.1, 0.15) is 25.0 Å². The minimum Gasteiger partial charge on any atom is -0.320 e. The van der Waals surface area contributed by atoms with Crippen LogP contribution in [0.4, 0.5) is 5.69 Å². The Morgan fingerprint density at radius 3 is 2.60 bits per heavy atom. The second-order valence-electron chi connectivity index (χ2n) is 4.88. The Bertz CT molecular complexity index is 613. The van der Waals surface area contributed by atoms with Crippen molar-refractivity contribution in [2.24, 2.45) is 11.7 Å². The molecule has 0 saturated carbocycles. The molecule has 5 nitrogen and oxygen atoms in total. The molecule has 110 valence electrons. The summed E-state index contributed by atoms with van der Waals surface area (Å²) in [6, 6.07) is 5.28. The van der Waals surface area contributed by atoms with Crippen LogP contribution in [0, 0.1) is 24.7 Å². The molecule has 6 heteroatoms. The van der Waals surface area contributed by atoms with Crippen molar-refractivity contribution < 1.29 is 8.42 Å². The summed E-state index contributed by atoms with van der Waals surface area (Å²) in [5.74, 6) is 5.92. The lowest BCUT2D eigenvalue weighted by Gasteiger charge is -2.12. The van der Waals surface area contributed by atoms with E-state index in [1.807, 2.05) is 26.8 Å². The number of nitrogens with two attached hydrogens (primary N) is 1. The molecular weight excluding hydrogens is 274 g/mol. The minimum absolute atomic E-state index is 0.251. The molecular formula is C14H21N3O2S. The molecule has 0 bridgehead atoms. The number of hydrogen-bond acceptors (Lipinski definition) is 3. The fraction of sp³-hybridized carbons (Fsp3) is 0.429. The number of hydrogen-bond donors (Lipinski definition) is 3. The standard InChI is InChI=1S/C14H21N3O2S/c1-11(2)10-16-20(18,19)17-14-7-6-13(5-4-8-15)9-12(14)3/h6-7,9,11,16-17H,8,10,15H2,1-3H3. The predicted octanol–water partition coefficient (Wildman–Crippen LogP) is 1.21. The molecule has 0 heterocycles. The number of benzene rings is 1. The molecule has 1 rings (SSSR count). The highest BCUT2D eigenvalue weighted by atomic mass is 32.2. The second kappa shape index (κ2) is 7.29. The number of rotatable bonds is 5. The maximum absolute atomic E-state index is 11.8. The third-order valence-corrected chi connectivity index (χ3v) is 3.52. The lowest BCUT2D eigenvalue weighted by Crippen LogP contribution is -2.33. The lowest BCUT2D eigenvalue weighted by molar-refractivity contribution is 0.565. The maximum Gasteiger partial charge on any atom is 0.299 e. The van der Waals surface area contributed by atoms with Gasteiger partial charge in [0.05, 0.1) is 12.2 Å². The van der Waals surface area contributed by atoms with Crippen LogP contribution >= 0.6 is 0 Å². The molecule has 0 aliphatic rings. The van der Waals surface area contributed by atoms with Crippen molar-refractivity contribution in [1.82, 2.24) is 4.72 Å². The third-order valence-electron chi connectivity index (χ3n) is 2.49. The summed E-state index contributed by atoms with van der Waals surface area (Å²) >= 11 is 0. The van der Waals surface area contributed by atoms with Crippen LogP contribution < -0.4 is 15.2 Å². The fourth-order valence-corrected chi connectivity index (χ4v) is 2.61. The van der Waals surface area contributed by atoms with Gasteiger partial charge in [-0.15, -0.1) is 0 Å². The summed E-state index contributed by atoms with van der Waals surface area (Å²) < 4.78 is 28.7. The highest BCUT2D eigenvalue weighted by Gasteiger charge is 2.11. The van der Waals surface area contributed by atoms with Crippen molar-refractivity contribution >= 4 is 15.9 Å². The summed E-state index contributed by atoms with van der Waals surface area (Å²) in [5.41, 5.74) is 7.47. The van der Waals surface area contributed by atoms with Gasteiger partial charge in [-0.1, -0.05) is 25.7 Å². The Hall–Kier alpha value is -1.55. The predicted molar refractivity (Wildman–Crippen MR) is 82.5 cm³/mol. The zero-order valence-corrected chi connectivity index (χ0v) is 12.8. The highest BCUT2D eigenvalue weighted by molar-refractivity contribution is 7.90. The van der Waals surface area contributed by atoms with Crippen LogP contribution in [0.3, 0.4) is 0 Å². The largest absolute Gasteiger partial charge is 0.320 e. The van der Waals surface area contributed by atoms with Crippen LogP contribution in [0.2, 0.25) is 0 Å². The third kappa shape index (κ3) is 5.61. The van der Waals surface area contributed by atoms with Crippen molar-refractivity contribution in [2.45, 2.75) is 20.8 Å². The molecule has 0 fully saturated rings. The van der Waals surface area contributed by atoms with E-state index in [4.69, 9.17) is 5.73 Å². The Morgan fingerprint density at radius 2 is 2.05 bits per heavy atom. The van der Waals surface area contributed by atoms with Crippen molar-refractivity contribution in [3.8, 4) is 11.8 Å². The lowest BCUT2D eigenvalue weighted by atomic mass is 10.1.